The van der Waals surface area contributed by atoms with Crippen molar-refractivity contribution >= 4 is 5.82 Å². The van der Waals surface area contributed by atoms with E-state index in [1.807, 2.05) is 36.9 Å². The summed E-state index contributed by atoms with van der Waals surface area (Å²) >= 11 is 0. The summed E-state index contributed by atoms with van der Waals surface area (Å²) < 4.78 is 0. The maximum absolute atomic E-state index is 9.08. The summed E-state index contributed by atoms with van der Waals surface area (Å²) in [5.41, 5.74) is 2.28. The van der Waals surface area contributed by atoms with Gasteiger partial charge in [0, 0.05) is 24.6 Å². The lowest BCUT2D eigenvalue weighted by Gasteiger charge is -2.21. The zero-order valence-electron chi connectivity index (χ0n) is 11.0. The Morgan fingerprint density at radius 1 is 1.26 bits per heavy atom. The summed E-state index contributed by atoms with van der Waals surface area (Å²) in [4.78, 5) is 14.8. The number of hydrogen-bond donors (Lipinski definition) is 0. The SMILES string of the molecule is CCN(Cc1cccc(C)n1)c1nccnc1C#N. The summed E-state index contributed by atoms with van der Waals surface area (Å²) in [7, 11) is 0. The molecule has 96 valence electrons. The molecule has 0 aliphatic carbocycles. The molecule has 0 atom stereocenters. The molecule has 0 unspecified atom stereocenters. The molecule has 0 aliphatic heterocycles. The van der Waals surface area contributed by atoms with E-state index in [9.17, 15) is 0 Å². The van der Waals surface area contributed by atoms with Gasteiger partial charge < -0.3 is 4.90 Å². The summed E-state index contributed by atoms with van der Waals surface area (Å²) in [5, 5.41) is 9.08. The minimum absolute atomic E-state index is 0.344. The molecule has 0 bridgehead atoms. The van der Waals surface area contributed by atoms with Crippen molar-refractivity contribution in [3.63, 3.8) is 0 Å². The Hall–Kier alpha value is -2.48. The van der Waals surface area contributed by atoms with Gasteiger partial charge >= 0.3 is 0 Å². The first kappa shape index (κ1) is 13.0. The van der Waals surface area contributed by atoms with Crippen LogP contribution in [0.1, 0.15) is 24.0 Å². The number of nitrogens with zero attached hydrogens (tertiary/aromatic N) is 5. The van der Waals surface area contributed by atoms with Crippen molar-refractivity contribution in [2.24, 2.45) is 0 Å². The van der Waals surface area contributed by atoms with Crippen LogP contribution in [0.5, 0.6) is 0 Å². The molecule has 0 saturated heterocycles. The molecule has 2 heterocycles. The van der Waals surface area contributed by atoms with Gasteiger partial charge in [0.1, 0.15) is 6.07 Å². The molecular formula is C14H15N5. The molecule has 2 rings (SSSR count). The van der Waals surface area contributed by atoms with Gasteiger partial charge in [-0.05, 0) is 26.0 Å². The number of hydrogen-bond acceptors (Lipinski definition) is 5. The van der Waals surface area contributed by atoms with Crippen molar-refractivity contribution in [2.45, 2.75) is 20.4 Å². The highest BCUT2D eigenvalue weighted by Crippen LogP contribution is 2.16. The number of aryl methyl sites for hydroxylation is 1. The Balaban J connectivity index is 2.28. The van der Waals surface area contributed by atoms with Gasteiger partial charge in [-0.3, -0.25) is 4.98 Å². The Morgan fingerprint density at radius 3 is 2.74 bits per heavy atom. The third kappa shape index (κ3) is 3.05. The molecule has 19 heavy (non-hydrogen) atoms. The van der Waals surface area contributed by atoms with Crippen LogP contribution < -0.4 is 4.90 Å². The molecular weight excluding hydrogens is 238 g/mol. The fourth-order valence-electron chi connectivity index (χ4n) is 1.86. The van der Waals surface area contributed by atoms with Crippen LogP contribution in [0.2, 0.25) is 0 Å². The summed E-state index contributed by atoms with van der Waals surface area (Å²) in [6.07, 6.45) is 3.13. The minimum Gasteiger partial charge on any atom is -0.349 e. The summed E-state index contributed by atoms with van der Waals surface area (Å²) in [6.45, 7) is 5.34. The minimum atomic E-state index is 0.344. The smallest absolute Gasteiger partial charge is 0.183 e. The van der Waals surface area contributed by atoms with Crippen molar-refractivity contribution in [3.8, 4) is 6.07 Å². The fourth-order valence-corrected chi connectivity index (χ4v) is 1.86. The van der Waals surface area contributed by atoms with Gasteiger partial charge in [-0.25, -0.2) is 9.97 Å². The maximum atomic E-state index is 9.08. The van der Waals surface area contributed by atoms with Gasteiger partial charge in [-0.2, -0.15) is 5.26 Å². The van der Waals surface area contributed by atoms with E-state index in [1.165, 1.54) is 6.20 Å². The van der Waals surface area contributed by atoms with E-state index in [0.717, 1.165) is 17.9 Å². The molecule has 0 fully saturated rings. The molecule has 0 saturated carbocycles. The largest absolute Gasteiger partial charge is 0.349 e. The Labute approximate surface area is 112 Å². The monoisotopic (exact) mass is 253 g/mol. The molecule has 0 aromatic carbocycles. The zero-order valence-corrected chi connectivity index (χ0v) is 11.0. The van der Waals surface area contributed by atoms with Crippen molar-refractivity contribution in [1.29, 1.82) is 5.26 Å². The van der Waals surface area contributed by atoms with Gasteiger partial charge in [0.2, 0.25) is 0 Å². The van der Waals surface area contributed by atoms with Crippen LogP contribution in [-0.2, 0) is 6.54 Å². The Kier molecular flexibility index (Phi) is 4.04. The standard InChI is InChI=1S/C14H15N5/c1-3-19(10-12-6-4-5-11(2)18-12)14-13(9-15)16-7-8-17-14/h4-8H,3,10H2,1-2H3. The highest BCUT2D eigenvalue weighted by Gasteiger charge is 2.13. The van der Waals surface area contributed by atoms with Gasteiger partial charge in [0.25, 0.3) is 0 Å². The van der Waals surface area contributed by atoms with Gasteiger partial charge in [-0.1, -0.05) is 6.07 Å². The van der Waals surface area contributed by atoms with E-state index in [1.54, 1.807) is 6.20 Å². The van der Waals surface area contributed by atoms with Gasteiger partial charge in [0.15, 0.2) is 11.5 Å². The van der Waals surface area contributed by atoms with E-state index in [0.29, 0.717) is 18.1 Å². The van der Waals surface area contributed by atoms with Crippen molar-refractivity contribution < 1.29 is 0 Å². The predicted octanol–water partition coefficient (Wildman–Crippen LogP) is 2.08. The molecule has 0 N–H and O–H groups in total. The average Bonchev–Trinajstić information content (AvgIpc) is 2.45. The Morgan fingerprint density at radius 2 is 2.05 bits per heavy atom. The lowest BCUT2D eigenvalue weighted by molar-refractivity contribution is 0.784. The lowest BCUT2D eigenvalue weighted by Crippen LogP contribution is -2.25. The molecule has 0 spiro atoms. The summed E-state index contributed by atoms with van der Waals surface area (Å²) in [6, 6.07) is 7.98. The van der Waals surface area contributed by atoms with Crippen LogP contribution in [0.25, 0.3) is 0 Å². The van der Waals surface area contributed by atoms with E-state index in [-0.39, 0.29) is 0 Å². The second-order valence-corrected chi connectivity index (χ2v) is 4.12. The molecule has 2 aromatic rings. The van der Waals surface area contributed by atoms with Gasteiger partial charge in [-0.15, -0.1) is 0 Å². The number of aromatic nitrogens is 3. The van der Waals surface area contributed by atoms with E-state index >= 15 is 0 Å². The van der Waals surface area contributed by atoms with Crippen LogP contribution in [0.15, 0.2) is 30.6 Å². The van der Waals surface area contributed by atoms with E-state index < -0.39 is 0 Å². The van der Waals surface area contributed by atoms with E-state index in [2.05, 4.69) is 21.0 Å². The third-order valence-corrected chi connectivity index (χ3v) is 2.76. The molecule has 5 heteroatoms. The van der Waals surface area contributed by atoms with Crippen molar-refractivity contribution in [3.05, 3.63) is 47.7 Å². The quantitative estimate of drug-likeness (QED) is 0.834. The zero-order chi connectivity index (χ0) is 13.7. The maximum Gasteiger partial charge on any atom is 0.183 e. The van der Waals surface area contributed by atoms with Crippen LogP contribution in [0, 0.1) is 18.3 Å². The highest BCUT2D eigenvalue weighted by atomic mass is 15.2. The van der Waals surface area contributed by atoms with Crippen LogP contribution in [0.3, 0.4) is 0 Å². The topological polar surface area (TPSA) is 65.7 Å². The molecule has 2 aromatic heterocycles. The fraction of sp³-hybridized carbons (Fsp3) is 0.286. The van der Waals surface area contributed by atoms with Crippen LogP contribution in [-0.4, -0.2) is 21.5 Å². The normalized spacial score (nSPS) is 9.95. The van der Waals surface area contributed by atoms with Crippen LogP contribution >= 0.6 is 0 Å². The highest BCUT2D eigenvalue weighted by molar-refractivity contribution is 5.49. The average molecular weight is 253 g/mol. The number of anilines is 1. The molecule has 0 aliphatic rings. The lowest BCUT2D eigenvalue weighted by atomic mass is 10.3. The second kappa shape index (κ2) is 5.91. The van der Waals surface area contributed by atoms with Gasteiger partial charge in [0.05, 0.1) is 12.2 Å². The second-order valence-electron chi connectivity index (χ2n) is 4.12. The molecule has 5 nitrogen and oxygen atoms in total. The van der Waals surface area contributed by atoms with E-state index in [4.69, 9.17) is 5.26 Å². The molecule has 0 radical (unpaired) electrons. The number of rotatable bonds is 4. The Bertz CT molecular complexity index is 603. The summed E-state index contributed by atoms with van der Waals surface area (Å²) in [5.74, 6) is 0.607. The third-order valence-electron chi connectivity index (χ3n) is 2.76. The van der Waals surface area contributed by atoms with Crippen LogP contribution in [0.4, 0.5) is 5.82 Å². The first-order chi connectivity index (χ1) is 9.24. The number of pyridine rings is 1. The van der Waals surface area contributed by atoms with Crippen molar-refractivity contribution in [1.82, 2.24) is 15.0 Å². The first-order valence-electron chi connectivity index (χ1n) is 6.13. The van der Waals surface area contributed by atoms with Crippen molar-refractivity contribution in [2.75, 3.05) is 11.4 Å². The first-order valence-corrected chi connectivity index (χ1v) is 6.13. The predicted molar refractivity (Wildman–Crippen MR) is 72.4 cm³/mol. The molecule has 0 amide bonds. The number of nitriles is 1.